The maximum absolute atomic E-state index is 11.9. The SMILES string of the molecule is Cc1cc(NC(=O)c2ccc(=O)[nH]c2)ccc1C(=O)O. The molecule has 0 unspecified atom stereocenters. The van der Waals surface area contributed by atoms with Gasteiger partial charge < -0.3 is 15.4 Å². The fraction of sp³-hybridized carbons (Fsp3) is 0.0714. The summed E-state index contributed by atoms with van der Waals surface area (Å²) in [6.07, 6.45) is 1.32. The molecule has 0 radical (unpaired) electrons. The summed E-state index contributed by atoms with van der Waals surface area (Å²) in [7, 11) is 0. The van der Waals surface area contributed by atoms with Crippen LogP contribution in [-0.4, -0.2) is 22.0 Å². The summed E-state index contributed by atoms with van der Waals surface area (Å²) in [5, 5.41) is 11.6. The number of nitrogens with one attached hydrogen (secondary N) is 2. The molecule has 6 nitrogen and oxygen atoms in total. The number of amides is 1. The predicted octanol–water partition coefficient (Wildman–Crippen LogP) is 1.63. The van der Waals surface area contributed by atoms with E-state index in [0.29, 0.717) is 16.8 Å². The third-order valence-electron chi connectivity index (χ3n) is 2.76. The van der Waals surface area contributed by atoms with E-state index in [1.165, 1.54) is 30.5 Å². The van der Waals surface area contributed by atoms with Gasteiger partial charge in [0.1, 0.15) is 0 Å². The Morgan fingerprint density at radius 1 is 1.20 bits per heavy atom. The van der Waals surface area contributed by atoms with Gasteiger partial charge in [-0.05, 0) is 36.8 Å². The van der Waals surface area contributed by atoms with Crippen LogP contribution in [0.5, 0.6) is 0 Å². The molecule has 1 aromatic carbocycles. The van der Waals surface area contributed by atoms with Crippen molar-refractivity contribution in [2.75, 3.05) is 5.32 Å². The summed E-state index contributed by atoms with van der Waals surface area (Å²) < 4.78 is 0. The second-order valence-electron chi connectivity index (χ2n) is 4.23. The average Bonchev–Trinajstić information content (AvgIpc) is 2.39. The normalized spacial score (nSPS) is 10.1. The molecule has 0 atom stereocenters. The molecule has 102 valence electrons. The van der Waals surface area contributed by atoms with Crippen molar-refractivity contribution in [3.05, 3.63) is 63.6 Å². The van der Waals surface area contributed by atoms with Gasteiger partial charge in [-0.25, -0.2) is 4.79 Å². The number of carboxylic acids is 1. The number of hydrogen-bond acceptors (Lipinski definition) is 3. The van der Waals surface area contributed by atoms with Gasteiger partial charge in [0.15, 0.2) is 0 Å². The minimum atomic E-state index is -1.01. The molecule has 0 saturated heterocycles. The lowest BCUT2D eigenvalue weighted by molar-refractivity contribution is 0.0696. The highest BCUT2D eigenvalue weighted by Gasteiger charge is 2.10. The summed E-state index contributed by atoms with van der Waals surface area (Å²) in [5.41, 5.74) is 1.25. The molecule has 0 aliphatic heterocycles. The summed E-state index contributed by atoms with van der Waals surface area (Å²) in [5.74, 6) is -1.40. The van der Waals surface area contributed by atoms with Gasteiger partial charge in [-0.2, -0.15) is 0 Å². The Morgan fingerprint density at radius 2 is 1.95 bits per heavy atom. The van der Waals surface area contributed by atoms with Crippen LogP contribution in [0, 0.1) is 6.92 Å². The Morgan fingerprint density at radius 3 is 2.50 bits per heavy atom. The van der Waals surface area contributed by atoms with Crippen molar-refractivity contribution >= 4 is 17.6 Å². The number of hydrogen-bond donors (Lipinski definition) is 3. The maximum atomic E-state index is 11.9. The third-order valence-corrected chi connectivity index (χ3v) is 2.76. The molecule has 0 saturated carbocycles. The first-order valence-corrected chi connectivity index (χ1v) is 5.81. The molecule has 1 amide bonds. The van der Waals surface area contributed by atoms with Crippen molar-refractivity contribution < 1.29 is 14.7 Å². The molecule has 0 aliphatic carbocycles. The van der Waals surface area contributed by atoms with Gasteiger partial charge in [0.2, 0.25) is 5.56 Å². The molecule has 20 heavy (non-hydrogen) atoms. The first-order chi connectivity index (χ1) is 9.47. The summed E-state index contributed by atoms with van der Waals surface area (Å²) >= 11 is 0. The van der Waals surface area contributed by atoms with Gasteiger partial charge in [0, 0.05) is 18.0 Å². The van der Waals surface area contributed by atoms with Crippen LogP contribution in [0.15, 0.2) is 41.3 Å². The number of carbonyl (C=O) groups is 2. The fourth-order valence-electron chi connectivity index (χ4n) is 1.74. The smallest absolute Gasteiger partial charge is 0.335 e. The number of anilines is 1. The van der Waals surface area contributed by atoms with Crippen LogP contribution in [0.1, 0.15) is 26.3 Å². The minimum absolute atomic E-state index is 0.187. The number of H-pyrrole nitrogens is 1. The number of aromatic carboxylic acids is 1. The summed E-state index contributed by atoms with van der Waals surface area (Å²) in [4.78, 5) is 36.1. The van der Waals surface area contributed by atoms with E-state index in [0.717, 1.165) is 0 Å². The van der Waals surface area contributed by atoms with Crippen LogP contribution in [-0.2, 0) is 0 Å². The van der Waals surface area contributed by atoms with E-state index < -0.39 is 5.97 Å². The van der Waals surface area contributed by atoms with Crippen molar-refractivity contribution in [1.29, 1.82) is 0 Å². The number of carbonyl (C=O) groups excluding carboxylic acids is 1. The summed E-state index contributed by atoms with van der Waals surface area (Å²) in [6, 6.07) is 7.19. The summed E-state index contributed by atoms with van der Waals surface area (Å²) in [6.45, 7) is 1.65. The van der Waals surface area contributed by atoms with Gasteiger partial charge in [-0.3, -0.25) is 9.59 Å². The van der Waals surface area contributed by atoms with E-state index in [1.807, 2.05) is 0 Å². The lowest BCUT2D eigenvalue weighted by Gasteiger charge is -2.07. The Labute approximate surface area is 114 Å². The monoisotopic (exact) mass is 272 g/mol. The van der Waals surface area contributed by atoms with Gasteiger partial charge in [-0.15, -0.1) is 0 Å². The molecule has 6 heteroatoms. The zero-order chi connectivity index (χ0) is 14.7. The number of aromatic amines is 1. The molecular weight excluding hydrogens is 260 g/mol. The number of pyridine rings is 1. The van der Waals surface area contributed by atoms with Crippen LogP contribution in [0.2, 0.25) is 0 Å². The topological polar surface area (TPSA) is 99.3 Å². The van der Waals surface area contributed by atoms with Gasteiger partial charge in [0.05, 0.1) is 11.1 Å². The van der Waals surface area contributed by atoms with E-state index in [-0.39, 0.29) is 17.0 Å². The first kappa shape index (κ1) is 13.5. The zero-order valence-corrected chi connectivity index (χ0v) is 10.6. The Hall–Kier alpha value is -2.89. The van der Waals surface area contributed by atoms with Crippen LogP contribution in [0.4, 0.5) is 5.69 Å². The molecule has 0 spiro atoms. The van der Waals surface area contributed by atoms with E-state index in [9.17, 15) is 14.4 Å². The van der Waals surface area contributed by atoms with Crippen molar-refractivity contribution in [2.24, 2.45) is 0 Å². The van der Waals surface area contributed by atoms with Gasteiger partial charge in [-0.1, -0.05) is 0 Å². The zero-order valence-electron chi connectivity index (χ0n) is 10.6. The lowest BCUT2D eigenvalue weighted by Crippen LogP contribution is -2.14. The standard InChI is InChI=1S/C14H12N2O4/c1-8-6-10(3-4-11(8)14(19)20)16-13(18)9-2-5-12(17)15-7-9/h2-7H,1H3,(H,15,17)(H,16,18)(H,19,20). The highest BCUT2D eigenvalue weighted by atomic mass is 16.4. The number of rotatable bonds is 3. The van der Waals surface area contributed by atoms with Crippen molar-refractivity contribution in [3.8, 4) is 0 Å². The number of benzene rings is 1. The van der Waals surface area contributed by atoms with E-state index in [2.05, 4.69) is 10.3 Å². The highest BCUT2D eigenvalue weighted by Crippen LogP contribution is 2.16. The fourth-order valence-corrected chi connectivity index (χ4v) is 1.74. The molecule has 1 aromatic heterocycles. The number of carboxylic acid groups (broad SMARTS) is 1. The molecule has 0 fully saturated rings. The molecule has 2 rings (SSSR count). The molecule has 0 bridgehead atoms. The number of aryl methyl sites for hydroxylation is 1. The van der Waals surface area contributed by atoms with Crippen LogP contribution in [0.25, 0.3) is 0 Å². The van der Waals surface area contributed by atoms with Gasteiger partial charge in [0.25, 0.3) is 5.91 Å². The van der Waals surface area contributed by atoms with Crippen LogP contribution in [0.3, 0.4) is 0 Å². The second-order valence-corrected chi connectivity index (χ2v) is 4.23. The van der Waals surface area contributed by atoms with Crippen LogP contribution >= 0.6 is 0 Å². The lowest BCUT2D eigenvalue weighted by atomic mass is 10.1. The largest absolute Gasteiger partial charge is 0.478 e. The molecule has 1 heterocycles. The average molecular weight is 272 g/mol. The molecular formula is C14H12N2O4. The molecule has 3 N–H and O–H groups in total. The predicted molar refractivity (Wildman–Crippen MR) is 73.2 cm³/mol. The maximum Gasteiger partial charge on any atom is 0.335 e. The van der Waals surface area contributed by atoms with Crippen molar-refractivity contribution in [1.82, 2.24) is 4.98 Å². The first-order valence-electron chi connectivity index (χ1n) is 5.81. The van der Waals surface area contributed by atoms with E-state index in [1.54, 1.807) is 13.0 Å². The van der Waals surface area contributed by atoms with Gasteiger partial charge >= 0.3 is 5.97 Å². The minimum Gasteiger partial charge on any atom is -0.478 e. The van der Waals surface area contributed by atoms with Crippen molar-refractivity contribution in [2.45, 2.75) is 6.92 Å². The Balaban J connectivity index is 2.20. The third kappa shape index (κ3) is 2.92. The molecule has 2 aromatic rings. The van der Waals surface area contributed by atoms with E-state index >= 15 is 0 Å². The Kier molecular flexibility index (Phi) is 3.65. The van der Waals surface area contributed by atoms with Crippen LogP contribution < -0.4 is 10.9 Å². The number of aromatic nitrogens is 1. The molecule has 0 aliphatic rings. The van der Waals surface area contributed by atoms with E-state index in [4.69, 9.17) is 5.11 Å². The van der Waals surface area contributed by atoms with Crippen molar-refractivity contribution in [3.63, 3.8) is 0 Å². The quantitative estimate of drug-likeness (QED) is 0.790. The highest BCUT2D eigenvalue weighted by molar-refractivity contribution is 6.04. The second kappa shape index (κ2) is 5.40. The Bertz CT molecular complexity index is 714.